The summed E-state index contributed by atoms with van der Waals surface area (Å²) in [5, 5.41) is 11.1. The summed E-state index contributed by atoms with van der Waals surface area (Å²) in [5.74, 6) is 0. The Morgan fingerprint density at radius 3 is 3.00 bits per heavy atom. The van der Waals surface area contributed by atoms with E-state index < -0.39 is 0 Å². The fourth-order valence-corrected chi connectivity index (χ4v) is 1.30. The Labute approximate surface area is 67.1 Å². The molecule has 0 saturated heterocycles. The zero-order valence-corrected chi connectivity index (χ0v) is 6.78. The van der Waals surface area contributed by atoms with Crippen LogP contribution in [-0.4, -0.2) is 14.8 Å². The Kier molecular flexibility index (Phi) is 2.24. The van der Waals surface area contributed by atoms with Crippen molar-refractivity contribution in [2.45, 2.75) is 6.92 Å². The van der Waals surface area contributed by atoms with E-state index in [-0.39, 0.29) is 5.17 Å². The molecule has 1 rings (SSSR count). The first-order valence-electron chi connectivity index (χ1n) is 2.55. The number of halogens is 1. The lowest BCUT2D eigenvalue weighted by Gasteiger charge is -1.83. The highest BCUT2D eigenvalue weighted by Crippen LogP contribution is 2.12. The highest BCUT2D eigenvalue weighted by molar-refractivity contribution is 7.10. The molecule has 0 bridgehead atoms. The lowest BCUT2D eigenvalue weighted by molar-refractivity contribution is 0.321. The van der Waals surface area contributed by atoms with Crippen LogP contribution in [0.25, 0.3) is 0 Å². The standard InChI is InChI=1S/C5H5ClN2OS/c1-3-2-4(10-8-3)5(6)7-9/h2,9H,1H3/b7-5+. The fourth-order valence-electron chi connectivity index (χ4n) is 0.510. The van der Waals surface area contributed by atoms with E-state index >= 15 is 0 Å². The molecule has 0 aromatic carbocycles. The third-order valence-electron chi connectivity index (χ3n) is 0.919. The molecule has 1 N–H and O–H groups in total. The molecule has 0 atom stereocenters. The van der Waals surface area contributed by atoms with Crippen LogP contribution in [0.1, 0.15) is 10.6 Å². The third-order valence-corrected chi connectivity index (χ3v) is 2.20. The van der Waals surface area contributed by atoms with Crippen molar-refractivity contribution >= 4 is 28.3 Å². The molecule has 1 aromatic heterocycles. The van der Waals surface area contributed by atoms with Crippen molar-refractivity contribution in [2.24, 2.45) is 5.16 Å². The summed E-state index contributed by atoms with van der Waals surface area (Å²) >= 11 is 6.68. The van der Waals surface area contributed by atoms with Gasteiger partial charge in [0.05, 0.1) is 10.6 Å². The summed E-state index contributed by atoms with van der Waals surface area (Å²) < 4.78 is 3.95. The van der Waals surface area contributed by atoms with Gasteiger partial charge < -0.3 is 5.21 Å². The van der Waals surface area contributed by atoms with E-state index in [0.29, 0.717) is 4.88 Å². The number of nitrogens with zero attached hydrogens (tertiary/aromatic N) is 2. The summed E-state index contributed by atoms with van der Waals surface area (Å²) in [5.41, 5.74) is 0.877. The largest absolute Gasteiger partial charge is 0.410 e. The minimum atomic E-state index is 0.0885. The normalized spacial score (nSPS) is 12.0. The predicted octanol–water partition coefficient (Wildman–Crippen LogP) is 1.83. The molecule has 0 radical (unpaired) electrons. The fraction of sp³-hybridized carbons (Fsp3) is 0.200. The van der Waals surface area contributed by atoms with Crippen molar-refractivity contribution < 1.29 is 5.21 Å². The lowest BCUT2D eigenvalue weighted by Crippen LogP contribution is -1.83. The first-order chi connectivity index (χ1) is 4.74. The molecule has 0 aliphatic heterocycles. The monoisotopic (exact) mass is 176 g/mol. The van der Waals surface area contributed by atoms with Crippen LogP contribution >= 0.6 is 23.1 Å². The maximum Gasteiger partial charge on any atom is 0.186 e. The van der Waals surface area contributed by atoms with Gasteiger partial charge in [-0.2, -0.15) is 4.37 Å². The van der Waals surface area contributed by atoms with Gasteiger partial charge in [0.25, 0.3) is 0 Å². The molecule has 0 spiro atoms. The zero-order valence-electron chi connectivity index (χ0n) is 5.21. The highest BCUT2D eigenvalue weighted by Gasteiger charge is 2.02. The second-order valence-electron chi connectivity index (χ2n) is 1.72. The third kappa shape index (κ3) is 1.46. The van der Waals surface area contributed by atoms with E-state index in [1.807, 2.05) is 6.92 Å². The molecule has 0 amide bonds. The molecule has 0 fully saturated rings. The van der Waals surface area contributed by atoms with Crippen LogP contribution < -0.4 is 0 Å². The number of rotatable bonds is 1. The van der Waals surface area contributed by atoms with Crippen molar-refractivity contribution in [2.75, 3.05) is 0 Å². The minimum absolute atomic E-state index is 0.0885. The van der Waals surface area contributed by atoms with E-state index in [4.69, 9.17) is 16.8 Å². The smallest absolute Gasteiger partial charge is 0.186 e. The maximum absolute atomic E-state index is 8.23. The van der Waals surface area contributed by atoms with E-state index in [0.717, 1.165) is 5.69 Å². The molecule has 5 heteroatoms. The van der Waals surface area contributed by atoms with Gasteiger partial charge in [0.15, 0.2) is 5.17 Å². The Balaban J connectivity index is 2.95. The molecule has 0 aliphatic rings. The first kappa shape index (κ1) is 7.50. The number of aromatic nitrogens is 1. The second kappa shape index (κ2) is 2.98. The van der Waals surface area contributed by atoms with Gasteiger partial charge in [-0.25, -0.2) is 0 Å². The van der Waals surface area contributed by atoms with Crippen molar-refractivity contribution in [3.8, 4) is 0 Å². The summed E-state index contributed by atoms with van der Waals surface area (Å²) in [6.45, 7) is 1.85. The van der Waals surface area contributed by atoms with Gasteiger partial charge in [0, 0.05) is 0 Å². The van der Waals surface area contributed by atoms with Crippen molar-refractivity contribution in [1.82, 2.24) is 4.37 Å². The van der Waals surface area contributed by atoms with Gasteiger partial charge in [0.2, 0.25) is 0 Å². The van der Waals surface area contributed by atoms with Crippen LogP contribution in [0.5, 0.6) is 0 Å². The van der Waals surface area contributed by atoms with E-state index in [2.05, 4.69) is 9.53 Å². The molecule has 3 nitrogen and oxygen atoms in total. The van der Waals surface area contributed by atoms with Gasteiger partial charge in [0.1, 0.15) is 0 Å². The van der Waals surface area contributed by atoms with Crippen molar-refractivity contribution in [3.05, 3.63) is 16.6 Å². The highest BCUT2D eigenvalue weighted by atomic mass is 35.5. The SMILES string of the molecule is Cc1cc(/C(Cl)=N\O)sn1. The van der Waals surface area contributed by atoms with Gasteiger partial charge >= 0.3 is 0 Å². The van der Waals surface area contributed by atoms with Crippen molar-refractivity contribution in [1.29, 1.82) is 0 Å². The lowest BCUT2D eigenvalue weighted by atomic mass is 10.4. The number of oxime groups is 1. The first-order valence-corrected chi connectivity index (χ1v) is 3.70. The van der Waals surface area contributed by atoms with Gasteiger partial charge in [-0.15, -0.1) is 0 Å². The minimum Gasteiger partial charge on any atom is -0.410 e. The van der Waals surface area contributed by atoms with Gasteiger partial charge in [-0.05, 0) is 24.5 Å². The predicted molar refractivity (Wildman–Crippen MR) is 41.0 cm³/mol. The Morgan fingerprint density at radius 1 is 1.90 bits per heavy atom. The van der Waals surface area contributed by atoms with Crippen LogP contribution in [0.15, 0.2) is 11.2 Å². The number of hydrogen-bond acceptors (Lipinski definition) is 4. The molecule has 10 heavy (non-hydrogen) atoms. The summed E-state index contributed by atoms with van der Waals surface area (Å²) in [6, 6.07) is 1.76. The van der Waals surface area contributed by atoms with Crippen LogP contribution in [-0.2, 0) is 0 Å². The Morgan fingerprint density at radius 2 is 2.60 bits per heavy atom. The van der Waals surface area contributed by atoms with Crippen molar-refractivity contribution in [3.63, 3.8) is 0 Å². The summed E-state index contributed by atoms with van der Waals surface area (Å²) in [6.07, 6.45) is 0. The van der Waals surface area contributed by atoms with Gasteiger partial charge in [-0.3, -0.25) is 0 Å². The van der Waals surface area contributed by atoms with Gasteiger partial charge in [-0.1, -0.05) is 16.8 Å². The molecule has 0 saturated carbocycles. The molecule has 54 valence electrons. The summed E-state index contributed by atoms with van der Waals surface area (Å²) in [4.78, 5) is 0.682. The molecular weight excluding hydrogens is 172 g/mol. The summed E-state index contributed by atoms with van der Waals surface area (Å²) in [7, 11) is 0. The second-order valence-corrected chi connectivity index (χ2v) is 2.89. The average Bonchev–Trinajstić information content (AvgIpc) is 2.34. The Bertz CT molecular complexity index is 258. The van der Waals surface area contributed by atoms with E-state index in [1.54, 1.807) is 6.07 Å². The molecule has 0 unspecified atom stereocenters. The zero-order chi connectivity index (χ0) is 7.56. The Hall–Kier alpha value is -0.610. The van der Waals surface area contributed by atoms with E-state index in [9.17, 15) is 0 Å². The van der Waals surface area contributed by atoms with E-state index in [1.165, 1.54) is 11.5 Å². The molecular formula is C5H5ClN2OS. The molecule has 1 aromatic rings. The number of aryl methyl sites for hydroxylation is 1. The number of hydrogen-bond donors (Lipinski definition) is 1. The molecule has 1 heterocycles. The average molecular weight is 177 g/mol. The quantitative estimate of drug-likeness (QED) is 0.403. The van der Waals surface area contributed by atoms with Crippen LogP contribution in [0.3, 0.4) is 0 Å². The van der Waals surface area contributed by atoms with Crippen LogP contribution in [0.2, 0.25) is 0 Å². The van der Waals surface area contributed by atoms with Crippen LogP contribution in [0, 0.1) is 6.92 Å². The maximum atomic E-state index is 8.23. The molecule has 0 aliphatic carbocycles. The topological polar surface area (TPSA) is 45.5 Å². The van der Waals surface area contributed by atoms with Crippen LogP contribution in [0.4, 0.5) is 0 Å².